The van der Waals surface area contributed by atoms with Gasteiger partial charge in [-0.05, 0) is 59.3 Å². The molecule has 0 saturated heterocycles. The summed E-state index contributed by atoms with van der Waals surface area (Å²) in [6.07, 6.45) is 0. The summed E-state index contributed by atoms with van der Waals surface area (Å²) in [5.74, 6) is -3.15. The maximum Gasteiger partial charge on any atom is 0.325 e. The van der Waals surface area contributed by atoms with Crippen LogP contribution < -0.4 is 5.32 Å². The maximum absolute atomic E-state index is 14.0. The molecule has 0 bridgehead atoms. The Hall–Kier alpha value is -2.23. The number of carbonyl (C=O) groups excluding carboxylic acids is 2. The number of esters is 1. The van der Waals surface area contributed by atoms with Gasteiger partial charge in [-0.1, -0.05) is 0 Å². The molecule has 0 aliphatic carbocycles. The number of amides is 1. The van der Waals surface area contributed by atoms with E-state index in [4.69, 9.17) is 4.74 Å². The average molecular weight is 461 g/mol. The number of hydrogen-bond acceptors (Lipinski definition) is 4. The highest BCUT2D eigenvalue weighted by atomic mass is 127. The number of benzene rings is 2. The number of nitrogens with one attached hydrogen (secondary N) is 1. The van der Waals surface area contributed by atoms with Gasteiger partial charge in [-0.2, -0.15) is 0 Å². The standard InChI is InChI=1S/C17H14F2INO4/c1-2-25-15(22)8-21-17(24)12-5-9(6-14(20)16(12)23)11-4-3-10(18)7-13(11)19/h3-7,23H,2,8H2,1H3,(H,21,24). The van der Waals surface area contributed by atoms with Crippen LogP contribution in [-0.4, -0.2) is 30.1 Å². The lowest BCUT2D eigenvalue weighted by atomic mass is 10.0. The van der Waals surface area contributed by atoms with E-state index in [1.807, 2.05) is 0 Å². The summed E-state index contributed by atoms with van der Waals surface area (Å²) in [7, 11) is 0. The molecule has 0 heterocycles. The van der Waals surface area contributed by atoms with Crippen molar-refractivity contribution in [2.24, 2.45) is 0 Å². The minimum atomic E-state index is -0.792. The molecule has 5 nitrogen and oxygen atoms in total. The Morgan fingerprint density at radius 3 is 2.60 bits per heavy atom. The molecule has 0 spiro atoms. The Bertz CT molecular complexity index is 827. The summed E-state index contributed by atoms with van der Waals surface area (Å²) < 4.78 is 32.0. The summed E-state index contributed by atoms with van der Waals surface area (Å²) in [4.78, 5) is 23.5. The Morgan fingerprint density at radius 1 is 1.24 bits per heavy atom. The zero-order chi connectivity index (χ0) is 18.6. The number of phenolic OH excluding ortho intramolecular Hbond substituents is 1. The molecule has 132 valence electrons. The first-order chi connectivity index (χ1) is 11.8. The molecular formula is C17H14F2INO4. The summed E-state index contributed by atoms with van der Waals surface area (Å²) in [6.45, 7) is 1.45. The summed E-state index contributed by atoms with van der Waals surface area (Å²) >= 11 is 1.79. The number of halogens is 3. The average Bonchev–Trinajstić information content (AvgIpc) is 2.55. The molecule has 0 aromatic heterocycles. The SMILES string of the molecule is CCOC(=O)CNC(=O)c1cc(-c2ccc(F)cc2F)cc(I)c1O. The molecule has 0 fully saturated rings. The van der Waals surface area contributed by atoms with E-state index in [1.165, 1.54) is 18.2 Å². The van der Waals surface area contributed by atoms with Crippen molar-refractivity contribution in [2.45, 2.75) is 6.92 Å². The second-order valence-electron chi connectivity index (χ2n) is 4.97. The first-order valence-corrected chi connectivity index (χ1v) is 8.33. The summed E-state index contributed by atoms with van der Waals surface area (Å²) in [5.41, 5.74) is 0.245. The Balaban J connectivity index is 2.34. The minimum absolute atomic E-state index is 0.0822. The molecule has 0 aliphatic heterocycles. The molecule has 2 rings (SSSR count). The fourth-order valence-corrected chi connectivity index (χ4v) is 2.74. The van der Waals surface area contributed by atoms with Crippen molar-refractivity contribution in [3.63, 3.8) is 0 Å². The predicted molar refractivity (Wildman–Crippen MR) is 95.1 cm³/mol. The van der Waals surface area contributed by atoms with Crippen LogP contribution >= 0.6 is 22.6 Å². The van der Waals surface area contributed by atoms with Gasteiger partial charge >= 0.3 is 5.97 Å². The molecule has 2 aromatic carbocycles. The lowest BCUT2D eigenvalue weighted by Gasteiger charge is -2.11. The van der Waals surface area contributed by atoms with Crippen LogP contribution in [0.1, 0.15) is 17.3 Å². The van der Waals surface area contributed by atoms with E-state index in [-0.39, 0.29) is 30.0 Å². The number of carbonyl (C=O) groups is 2. The van der Waals surface area contributed by atoms with Crippen molar-refractivity contribution in [3.8, 4) is 16.9 Å². The Labute approximate surface area is 156 Å². The van der Waals surface area contributed by atoms with Gasteiger partial charge < -0.3 is 15.2 Å². The van der Waals surface area contributed by atoms with Crippen molar-refractivity contribution in [3.05, 3.63) is 51.1 Å². The van der Waals surface area contributed by atoms with E-state index in [2.05, 4.69) is 5.32 Å². The fourth-order valence-electron chi connectivity index (χ4n) is 2.11. The van der Waals surface area contributed by atoms with Crippen LogP contribution in [0.15, 0.2) is 30.3 Å². The third kappa shape index (κ3) is 4.65. The van der Waals surface area contributed by atoms with E-state index in [9.17, 15) is 23.5 Å². The van der Waals surface area contributed by atoms with Gasteiger partial charge in [0, 0.05) is 11.6 Å². The summed E-state index contributed by atoms with van der Waals surface area (Å²) in [5, 5.41) is 12.4. The van der Waals surface area contributed by atoms with E-state index in [0.29, 0.717) is 9.13 Å². The number of ether oxygens (including phenoxy) is 1. The molecule has 25 heavy (non-hydrogen) atoms. The molecule has 0 saturated carbocycles. The molecular weight excluding hydrogens is 447 g/mol. The van der Waals surface area contributed by atoms with Crippen LogP contribution in [0.25, 0.3) is 11.1 Å². The minimum Gasteiger partial charge on any atom is -0.506 e. The van der Waals surface area contributed by atoms with Gasteiger partial charge in [0.15, 0.2) is 0 Å². The highest BCUT2D eigenvalue weighted by Crippen LogP contribution is 2.32. The lowest BCUT2D eigenvalue weighted by molar-refractivity contribution is -0.141. The molecule has 2 N–H and O–H groups in total. The zero-order valence-corrected chi connectivity index (χ0v) is 15.3. The third-order valence-electron chi connectivity index (χ3n) is 3.25. The van der Waals surface area contributed by atoms with Gasteiger partial charge in [0.2, 0.25) is 0 Å². The lowest BCUT2D eigenvalue weighted by Crippen LogP contribution is -2.30. The van der Waals surface area contributed by atoms with Gasteiger partial charge in [0.25, 0.3) is 5.91 Å². The summed E-state index contributed by atoms with van der Waals surface area (Å²) in [6, 6.07) is 5.81. The van der Waals surface area contributed by atoms with Crippen LogP contribution in [0.2, 0.25) is 0 Å². The van der Waals surface area contributed by atoms with Crippen molar-refractivity contribution in [1.82, 2.24) is 5.32 Å². The molecule has 2 aromatic rings. The van der Waals surface area contributed by atoms with E-state index < -0.39 is 23.5 Å². The predicted octanol–water partition coefficient (Wildman–Crippen LogP) is 3.23. The van der Waals surface area contributed by atoms with E-state index in [1.54, 1.807) is 29.5 Å². The smallest absolute Gasteiger partial charge is 0.325 e. The van der Waals surface area contributed by atoms with Crippen LogP contribution in [0.5, 0.6) is 5.75 Å². The third-order valence-corrected chi connectivity index (χ3v) is 4.07. The number of phenols is 1. The fraction of sp³-hybridized carbons (Fsp3) is 0.176. The Kier molecular flexibility index (Phi) is 6.29. The molecule has 0 aliphatic rings. The van der Waals surface area contributed by atoms with E-state index in [0.717, 1.165) is 12.1 Å². The maximum atomic E-state index is 14.0. The van der Waals surface area contributed by atoms with Crippen molar-refractivity contribution in [1.29, 1.82) is 0 Å². The van der Waals surface area contributed by atoms with Crippen LogP contribution in [0.4, 0.5) is 8.78 Å². The van der Waals surface area contributed by atoms with Crippen molar-refractivity contribution >= 4 is 34.5 Å². The molecule has 8 heteroatoms. The van der Waals surface area contributed by atoms with Crippen LogP contribution in [0, 0.1) is 15.2 Å². The van der Waals surface area contributed by atoms with Crippen molar-refractivity contribution < 1.29 is 28.2 Å². The second-order valence-corrected chi connectivity index (χ2v) is 6.13. The number of aromatic hydroxyl groups is 1. The molecule has 0 unspecified atom stereocenters. The van der Waals surface area contributed by atoms with Gasteiger partial charge in [0.1, 0.15) is 23.9 Å². The van der Waals surface area contributed by atoms with Gasteiger partial charge in [-0.3, -0.25) is 9.59 Å². The largest absolute Gasteiger partial charge is 0.506 e. The normalized spacial score (nSPS) is 10.4. The monoisotopic (exact) mass is 461 g/mol. The topological polar surface area (TPSA) is 75.6 Å². The number of hydrogen-bond donors (Lipinski definition) is 2. The Morgan fingerprint density at radius 2 is 1.96 bits per heavy atom. The quantitative estimate of drug-likeness (QED) is 0.530. The first-order valence-electron chi connectivity index (χ1n) is 7.25. The van der Waals surface area contributed by atoms with Gasteiger partial charge in [-0.15, -0.1) is 0 Å². The number of rotatable bonds is 5. The van der Waals surface area contributed by atoms with Crippen LogP contribution in [-0.2, 0) is 9.53 Å². The highest BCUT2D eigenvalue weighted by Gasteiger charge is 2.18. The van der Waals surface area contributed by atoms with Crippen molar-refractivity contribution in [2.75, 3.05) is 13.2 Å². The molecule has 0 atom stereocenters. The van der Waals surface area contributed by atoms with Gasteiger partial charge in [0.05, 0.1) is 15.7 Å². The van der Waals surface area contributed by atoms with Crippen LogP contribution in [0.3, 0.4) is 0 Å². The highest BCUT2D eigenvalue weighted by molar-refractivity contribution is 14.1. The molecule has 0 radical (unpaired) electrons. The van der Waals surface area contributed by atoms with Gasteiger partial charge in [-0.25, -0.2) is 8.78 Å². The zero-order valence-electron chi connectivity index (χ0n) is 13.1. The molecule has 1 amide bonds. The first kappa shape index (κ1) is 19.1. The van der Waals surface area contributed by atoms with E-state index >= 15 is 0 Å². The second kappa shape index (κ2) is 8.24.